The minimum Gasteiger partial charge on any atom is -0.338 e. The molecule has 0 aromatic carbocycles. The molecule has 0 saturated heterocycles. The molecule has 90 valence electrons. The summed E-state index contributed by atoms with van der Waals surface area (Å²) in [5, 5.41) is 0. The van der Waals surface area contributed by atoms with Crippen molar-refractivity contribution < 1.29 is 4.79 Å². The molecule has 0 aliphatic heterocycles. The minimum atomic E-state index is -0.128. The maximum atomic E-state index is 11.9. The predicted octanol–water partition coefficient (Wildman–Crippen LogP) is 3.62. The lowest BCUT2D eigenvalue weighted by Gasteiger charge is -2.22. The SMILES string of the molecule is CCN(Cc1ccc(Cl)s1)C(=O)C(C)CCl. The van der Waals surface area contributed by atoms with Crippen molar-refractivity contribution in [2.24, 2.45) is 5.92 Å². The lowest BCUT2D eigenvalue weighted by atomic mass is 10.2. The van der Waals surface area contributed by atoms with Gasteiger partial charge < -0.3 is 4.90 Å². The van der Waals surface area contributed by atoms with E-state index in [0.717, 1.165) is 9.21 Å². The van der Waals surface area contributed by atoms with E-state index in [1.165, 1.54) is 11.3 Å². The fourth-order valence-electron chi connectivity index (χ4n) is 1.35. The maximum Gasteiger partial charge on any atom is 0.226 e. The smallest absolute Gasteiger partial charge is 0.226 e. The quantitative estimate of drug-likeness (QED) is 0.754. The van der Waals surface area contributed by atoms with Gasteiger partial charge in [-0.05, 0) is 19.1 Å². The summed E-state index contributed by atoms with van der Waals surface area (Å²) in [5.74, 6) is 0.333. The van der Waals surface area contributed by atoms with Gasteiger partial charge in [0.05, 0.1) is 10.9 Å². The number of nitrogens with zero attached hydrogens (tertiary/aromatic N) is 1. The van der Waals surface area contributed by atoms with E-state index in [4.69, 9.17) is 23.2 Å². The van der Waals surface area contributed by atoms with E-state index in [1.54, 1.807) is 4.90 Å². The van der Waals surface area contributed by atoms with Gasteiger partial charge in [0.1, 0.15) is 0 Å². The molecule has 1 heterocycles. The Morgan fingerprint density at radius 1 is 1.56 bits per heavy atom. The van der Waals surface area contributed by atoms with Gasteiger partial charge in [-0.1, -0.05) is 18.5 Å². The summed E-state index contributed by atoms with van der Waals surface area (Å²) in [6.07, 6.45) is 0. The van der Waals surface area contributed by atoms with Crippen LogP contribution in [0.25, 0.3) is 0 Å². The molecule has 1 unspecified atom stereocenters. The third kappa shape index (κ3) is 3.65. The highest BCUT2D eigenvalue weighted by Crippen LogP contribution is 2.23. The molecule has 1 amide bonds. The third-order valence-electron chi connectivity index (χ3n) is 2.32. The molecule has 0 radical (unpaired) electrons. The van der Waals surface area contributed by atoms with Gasteiger partial charge in [0.2, 0.25) is 5.91 Å². The average molecular weight is 280 g/mol. The molecule has 0 fully saturated rings. The lowest BCUT2D eigenvalue weighted by Crippen LogP contribution is -2.34. The number of rotatable bonds is 5. The molecule has 5 heteroatoms. The van der Waals surface area contributed by atoms with E-state index in [0.29, 0.717) is 19.0 Å². The standard InChI is InChI=1S/C11H15Cl2NOS/c1-3-14(11(15)8(2)6-12)7-9-4-5-10(13)16-9/h4-5,8H,3,6-7H2,1-2H3. The number of alkyl halides is 1. The fourth-order valence-corrected chi connectivity index (χ4v) is 2.58. The van der Waals surface area contributed by atoms with Crippen molar-refractivity contribution >= 4 is 40.4 Å². The molecule has 2 nitrogen and oxygen atoms in total. The van der Waals surface area contributed by atoms with Gasteiger partial charge in [0, 0.05) is 23.2 Å². The summed E-state index contributed by atoms with van der Waals surface area (Å²) >= 11 is 13.0. The average Bonchev–Trinajstić information content (AvgIpc) is 2.69. The molecule has 1 atom stereocenters. The first-order valence-electron chi connectivity index (χ1n) is 5.17. The highest BCUT2D eigenvalue weighted by molar-refractivity contribution is 7.16. The molecular weight excluding hydrogens is 265 g/mol. The Morgan fingerprint density at radius 2 is 2.25 bits per heavy atom. The second kappa shape index (κ2) is 6.48. The fraction of sp³-hybridized carbons (Fsp3) is 0.545. The van der Waals surface area contributed by atoms with E-state index < -0.39 is 0 Å². The predicted molar refractivity (Wildman–Crippen MR) is 70.3 cm³/mol. The van der Waals surface area contributed by atoms with E-state index in [1.807, 2.05) is 26.0 Å². The summed E-state index contributed by atoms with van der Waals surface area (Å²) in [6, 6.07) is 3.80. The van der Waals surface area contributed by atoms with Crippen LogP contribution in [0, 0.1) is 5.92 Å². The van der Waals surface area contributed by atoms with Crippen molar-refractivity contribution in [1.29, 1.82) is 0 Å². The van der Waals surface area contributed by atoms with Gasteiger partial charge in [-0.2, -0.15) is 0 Å². The second-order valence-electron chi connectivity index (χ2n) is 3.61. The number of carbonyl (C=O) groups is 1. The van der Waals surface area contributed by atoms with Crippen LogP contribution in [0.3, 0.4) is 0 Å². The minimum absolute atomic E-state index is 0.0991. The van der Waals surface area contributed by atoms with Gasteiger partial charge in [-0.3, -0.25) is 4.79 Å². The molecule has 0 aliphatic carbocycles. The molecule has 0 aliphatic rings. The first-order chi connectivity index (χ1) is 7.58. The van der Waals surface area contributed by atoms with Crippen LogP contribution in [0.5, 0.6) is 0 Å². The van der Waals surface area contributed by atoms with Gasteiger partial charge in [-0.15, -0.1) is 22.9 Å². The van der Waals surface area contributed by atoms with E-state index in [-0.39, 0.29) is 11.8 Å². The number of halogens is 2. The Kier molecular flexibility index (Phi) is 5.59. The van der Waals surface area contributed by atoms with Crippen LogP contribution in [0.2, 0.25) is 4.34 Å². The molecule has 1 rings (SSSR count). The molecule has 1 aromatic heterocycles. The van der Waals surface area contributed by atoms with E-state index >= 15 is 0 Å². The number of amides is 1. The molecule has 16 heavy (non-hydrogen) atoms. The van der Waals surface area contributed by atoms with Crippen molar-refractivity contribution in [1.82, 2.24) is 4.90 Å². The maximum absolute atomic E-state index is 11.9. The van der Waals surface area contributed by atoms with Crippen LogP contribution in [-0.2, 0) is 11.3 Å². The highest BCUT2D eigenvalue weighted by Gasteiger charge is 2.18. The van der Waals surface area contributed by atoms with Crippen molar-refractivity contribution in [3.8, 4) is 0 Å². The Balaban J connectivity index is 2.65. The van der Waals surface area contributed by atoms with Gasteiger partial charge >= 0.3 is 0 Å². The van der Waals surface area contributed by atoms with Crippen LogP contribution in [-0.4, -0.2) is 23.2 Å². The normalized spacial score (nSPS) is 12.5. The van der Waals surface area contributed by atoms with Crippen LogP contribution in [0.4, 0.5) is 0 Å². The molecule has 1 aromatic rings. The number of thiophene rings is 1. The van der Waals surface area contributed by atoms with Crippen molar-refractivity contribution in [3.63, 3.8) is 0 Å². The number of hydrogen-bond donors (Lipinski definition) is 0. The van der Waals surface area contributed by atoms with E-state index in [2.05, 4.69) is 0 Å². The zero-order chi connectivity index (χ0) is 12.1. The van der Waals surface area contributed by atoms with Crippen LogP contribution in [0.1, 0.15) is 18.7 Å². The summed E-state index contributed by atoms with van der Waals surface area (Å²) in [4.78, 5) is 14.8. The second-order valence-corrected chi connectivity index (χ2v) is 5.72. The zero-order valence-corrected chi connectivity index (χ0v) is 11.7. The first kappa shape index (κ1) is 13.8. The summed E-state index contributed by atoms with van der Waals surface area (Å²) in [7, 11) is 0. The monoisotopic (exact) mass is 279 g/mol. The van der Waals surface area contributed by atoms with Crippen LogP contribution >= 0.6 is 34.5 Å². The Hall–Kier alpha value is -0.250. The molecule has 0 spiro atoms. The summed E-state index contributed by atoms with van der Waals surface area (Å²) in [6.45, 7) is 5.12. The molecule has 0 N–H and O–H groups in total. The number of hydrogen-bond acceptors (Lipinski definition) is 2. The van der Waals surface area contributed by atoms with Crippen molar-refractivity contribution in [2.45, 2.75) is 20.4 Å². The van der Waals surface area contributed by atoms with Crippen LogP contribution in [0.15, 0.2) is 12.1 Å². The third-order valence-corrected chi connectivity index (χ3v) is 4.00. The molecule has 0 saturated carbocycles. The van der Waals surface area contributed by atoms with Crippen molar-refractivity contribution in [2.75, 3.05) is 12.4 Å². The van der Waals surface area contributed by atoms with Gasteiger partial charge in [0.25, 0.3) is 0 Å². The van der Waals surface area contributed by atoms with Crippen LogP contribution < -0.4 is 0 Å². The van der Waals surface area contributed by atoms with E-state index in [9.17, 15) is 4.79 Å². The molecule has 0 bridgehead atoms. The zero-order valence-electron chi connectivity index (χ0n) is 9.37. The Bertz CT molecular complexity index is 354. The summed E-state index contributed by atoms with van der Waals surface area (Å²) in [5.41, 5.74) is 0. The van der Waals surface area contributed by atoms with Crippen molar-refractivity contribution in [3.05, 3.63) is 21.3 Å². The Labute approximate surface area is 110 Å². The topological polar surface area (TPSA) is 20.3 Å². The highest BCUT2D eigenvalue weighted by atomic mass is 35.5. The number of carbonyl (C=O) groups excluding carboxylic acids is 1. The lowest BCUT2D eigenvalue weighted by molar-refractivity contribution is -0.134. The molecular formula is C11H15Cl2NOS. The largest absolute Gasteiger partial charge is 0.338 e. The van der Waals surface area contributed by atoms with Gasteiger partial charge in [0.15, 0.2) is 0 Å². The first-order valence-corrected chi connectivity index (χ1v) is 6.90. The Morgan fingerprint density at radius 3 is 2.69 bits per heavy atom. The van der Waals surface area contributed by atoms with Gasteiger partial charge in [-0.25, -0.2) is 0 Å². The summed E-state index contributed by atoms with van der Waals surface area (Å²) < 4.78 is 0.754.